The number of carbonyl (C=O) groups excluding carboxylic acids is 1. The number of hydrogen-bond acceptors (Lipinski definition) is 3. The molecule has 0 heterocycles. The van der Waals surface area contributed by atoms with E-state index in [1.165, 1.54) is 6.07 Å². The van der Waals surface area contributed by atoms with E-state index in [-0.39, 0.29) is 17.7 Å². The van der Waals surface area contributed by atoms with Crippen LogP contribution in [0, 0.1) is 5.82 Å². The molecule has 0 unspecified atom stereocenters. The van der Waals surface area contributed by atoms with Gasteiger partial charge in [-0.05, 0) is 36.8 Å². The first-order chi connectivity index (χ1) is 11.7. The molecule has 0 amide bonds. The molecule has 0 aliphatic rings. The second-order valence-electron chi connectivity index (χ2n) is 4.91. The lowest BCUT2D eigenvalue weighted by atomic mass is 10.0. The van der Waals surface area contributed by atoms with Crippen LogP contribution in [0.25, 0.3) is 11.6 Å². The summed E-state index contributed by atoms with van der Waals surface area (Å²) in [5.74, 6) is -0.252. The van der Waals surface area contributed by atoms with E-state index in [4.69, 9.17) is 9.47 Å². The van der Waals surface area contributed by atoms with Crippen LogP contribution in [-0.2, 0) is 9.53 Å². The summed E-state index contributed by atoms with van der Waals surface area (Å²) in [6, 6.07) is 13.6. The van der Waals surface area contributed by atoms with E-state index in [1.54, 1.807) is 44.4 Å². The van der Waals surface area contributed by atoms with Gasteiger partial charge in [-0.15, -0.1) is 0 Å². The molecule has 3 nitrogen and oxygen atoms in total. The van der Waals surface area contributed by atoms with Gasteiger partial charge < -0.3 is 9.47 Å². The van der Waals surface area contributed by atoms with E-state index in [9.17, 15) is 9.18 Å². The fraction of sp³-hybridized carbons (Fsp3) is 0.150. The van der Waals surface area contributed by atoms with Crippen molar-refractivity contribution in [2.75, 3.05) is 13.7 Å². The number of hydrogen-bond donors (Lipinski definition) is 0. The molecule has 0 N–H and O–H groups in total. The van der Waals surface area contributed by atoms with Gasteiger partial charge in [0.1, 0.15) is 11.6 Å². The highest BCUT2D eigenvalue weighted by Gasteiger charge is 2.15. The van der Waals surface area contributed by atoms with Gasteiger partial charge in [-0.1, -0.05) is 42.5 Å². The molecule has 0 aromatic heterocycles. The summed E-state index contributed by atoms with van der Waals surface area (Å²) in [4.78, 5) is 12.1. The molecule has 0 aliphatic heterocycles. The van der Waals surface area contributed by atoms with Crippen molar-refractivity contribution >= 4 is 17.6 Å². The number of allylic oxidation sites excluding steroid dienone is 2. The van der Waals surface area contributed by atoms with Gasteiger partial charge in [-0.3, -0.25) is 0 Å². The third-order valence-electron chi connectivity index (χ3n) is 3.33. The smallest absolute Gasteiger partial charge is 0.338 e. The predicted octanol–water partition coefficient (Wildman–Crippen LogP) is 4.49. The zero-order valence-corrected chi connectivity index (χ0v) is 13.7. The monoisotopic (exact) mass is 326 g/mol. The molecule has 0 fully saturated rings. The quantitative estimate of drug-likeness (QED) is 0.445. The Hall–Kier alpha value is -2.88. The molecular formula is C20H19FO3. The summed E-state index contributed by atoms with van der Waals surface area (Å²) in [5, 5.41) is 0. The van der Waals surface area contributed by atoms with Crippen LogP contribution in [0.3, 0.4) is 0 Å². The van der Waals surface area contributed by atoms with Gasteiger partial charge in [0.2, 0.25) is 0 Å². The van der Waals surface area contributed by atoms with Gasteiger partial charge in [-0.2, -0.15) is 0 Å². The molecule has 2 aromatic carbocycles. The van der Waals surface area contributed by atoms with Crippen molar-refractivity contribution in [3.05, 3.63) is 77.6 Å². The average molecular weight is 326 g/mol. The van der Waals surface area contributed by atoms with E-state index in [0.29, 0.717) is 0 Å². The Kier molecular flexibility index (Phi) is 6.32. The Bertz CT molecular complexity index is 746. The molecule has 0 bridgehead atoms. The van der Waals surface area contributed by atoms with Crippen LogP contribution in [0.5, 0.6) is 5.75 Å². The lowest BCUT2D eigenvalue weighted by Gasteiger charge is -2.07. The summed E-state index contributed by atoms with van der Waals surface area (Å²) in [6.45, 7) is 1.94. The number of methoxy groups -OCH3 is 1. The minimum Gasteiger partial charge on any atom is -0.497 e. The Morgan fingerprint density at radius 2 is 1.83 bits per heavy atom. The van der Waals surface area contributed by atoms with Crippen molar-refractivity contribution in [3.63, 3.8) is 0 Å². The Balaban J connectivity index is 2.29. The number of esters is 1. The van der Waals surface area contributed by atoms with Gasteiger partial charge in [-0.25, -0.2) is 9.18 Å². The molecule has 0 aliphatic carbocycles. The van der Waals surface area contributed by atoms with E-state index >= 15 is 0 Å². The molecule has 0 atom stereocenters. The number of rotatable bonds is 6. The highest BCUT2D eigenvalue weighted by Crippen LogP contribution is 2.20. The average Bonchev–Trinajstić information content (AvgIpc) is 2.60. The Morgan fingerprint density at radius 1 is 1.12 bits per heavy atom. The Labute approximate surface area is 141 Å². The summed E-state index contributed by atoms with van der Waals surface area (Å²) >= 11 is 0. The van der Waals surface area contributed by atoms with E-state index < -0.39 is 11.8 Å². The number of carbonyl (C=O) groups is 1. The van der Waals surface area contributed by atoms with Gasteiger partial charge >= 0.3 is 5.97 Å². The summed E-state index contributed by atoms with van der Waals surface area (Å²) in [6.07, 6.45) is 5.07. The van der Waals surface area contributed by atoms with E-state index in [1.807, 2.05) is 30.3 Å². The maximum Gasteiger partial charge on any atom is 0.338 e. The van der Waals surface area contributed by atoms with Crippen LogP contribution in [0.2, 0.25) is 0 Å². The molecule has 0 spiro atoms. The van der Waals surface area contributed by atoms with Gasteiger partial charge in [0.15, 0.2) is 0 Å². The topological polar surface area (TPSA) is 35.5 Å². The standard InChI is InChI=1S/C20H19FO3/c1-3-24-20(22)18(17-8-4-5-10-19(17)21)9-6-7-15-11-13-16(23-2)14-12-15/h4-14H,3H2,1-2H3/b7-6+,18-9+. The van der Waals surface area contributed by atoms with Crippen LogP contribution < -0.4 is 4.74 Å². The number of ether oxygens (including phenoxy) is 2. The van der Waals surface area contributed by atoms with Crippen molar-refractivity contribution in [1.29, 1.82) is 0 Å². The van der Waals surface area contributed by atoms with Crippen molar-refractivity contribution in [2.24, 2.45) is 0 Å². The first-order valence-corrected chi connectivity index (χ1v) is 7.60. The van der Waals surface area contributed by atoms with Crippen LogP contribution in [0.15, 0.2) is 60.7 Å². The maximum absolute atomic E-state index is 14.0. The normalized spacial score (nSPS) is 11.5. The Morgan fingerprint density at radius 3 is 2.46 bits per heavy atom. The molecular weight excluding hydrogens is 307 g/mol. The predicted molar refractivity (Wildman–Crippen MR) is 93.0 cm³/mol. The third kappa shape index (κ3) is 4.56. The maximum atomic E-state index is 14.0. The van der Waals surface area contributed by atoms with Crippen molar-refractivity contribution in [2.45, 2.75) is 6.92 Å². The van der Waals surface area contributed by atoms with Crippen molar-refractivity contribution in [1.82, 2.24) is 0 Å². The molecule has 2 aromatic rings. The van der Waals surface area contributed by atoms with Crippen LogP contribution in [0.1, 0.15) is 18.1 Å². The summed E-state index contributed by atoms with van der Waals surface area (Å²) in [7, 11) is 1.60. The zero-order valence-electron chi connectivity index (χ0n) is 13.7. The molecule has 0 saturated heterocycles. The highest BCUT2D eigenvalue weighted by atomic mass is 19.1. The van der Waals surface area contributed by atoms with Crippen LogP contribution in [-0.4, -0.2) is 19.7 Å². The second kappa shape index (κ2) is 8.67. The fourth-order valence-electron chi connectivity index (χ4n) is 2.13. The lowest BCUT2D eigenvalue weighted by molar-refractivity contribution is -0.136. The van der Waals surface area contributed by atoms with Crippen LogP contribution >= 0.6 is 0 Å². The molecule has 124 valence electrons. The van der Waals surface area contributed by atoms with Crippen molar-refractivity contribution < 1.29 is 18.7 Å². The minimum absolute atomic E-state index is 0.180. The van der Waals surface area contributed by atoms with Crippen molar-refractivity contribution in [3.8, 4) is 5.75 Å². The first-order valence-electron chi connectivity index (χ1n) is 7.60. The van der Waals surface area contributed by atoms with Gasteiger partial charge in [0.05, 0.1) is 19.3 Å². The zero-order chi connectivity index (χ0) is 17.4. The largest absolute Gasteiger partial charge is 0.497 e. The van der Waals surface area contributed by atoms with E-state index in [0.717, 1.165) is 11.3 Å². The molecule has 24 heavy (non-hydrogen) atoms. The van der Waals surface area contributed by atoms with Crippen LogP contribution in [0.4, 0.5) is 4.39 Å². The third-order valence-corrected chi connectivity index (χ3v) is 3.33. The summed E-state index contributed by atoms with van der Waals surface area (Å²) in [5.41, 5.74) is 1.33. The second-order valence-corrected chi connectivity index (χ2v) is 4.91. The molecule has 2 rings (SSSR count). The molecule has 4 heteroatoms. The first kappa shape index (κ1) is 17.5. The molecule has 0 saturated carbocycles. The highest BCUT2D eigenvalue weighted by molar-refractivity contribution is 6.17. The van der Waals surface area contributed by atoms with E-state index in [2.05, 4.69) is 0 Å². The van der Waals surface area contributed by atoms with Gasteiger partial charge in [0.25, 0.3) is 0 Å². The summed E-state index contributed by atoms with van der Waals surface area (Å²) < 4.78 is 24.1. The fourth-order valence-corrected chi connectivity index (χ4v) is 2.13. The number of benzene rings is 2. The molecule has 0 radical (unpaired) electrons. The minimum atomic E-state index is -0.554. The number of halogens is 1. The lowest BCUT2D eigenvalue weighted by Crippen LogP contribution is -2.08. The van der Waals surface area contributed by atoms with Gasteiger partial charge in [0, 0.05) is 5.56 Å². The SMILES string of the molecule is CCOC(=O)/C(=C/C=C/c1ccc(OC)cc1)c1ccccc1F.